The number of aromatic nitrogens is 1. The van der Waals surface area contributed by atoms with Crippen molar-refractivity contribution in [2.24, 2.45) is 0 Å². The molecule has 2 N–H and O–H groups in total. The number of aromatic hydroxyl groups is 1. The maximum atomic E-state index is 12.1. The van der Waals surface area contributed by atoms with Gasteiger partial charge in [0.15, 0.2) is 0 Å². The molecular formula is C6H4BrF2NO2. The van der Waals surface area contributed by atoms with Gasteiger partial charge in [0.2, 0.25) is 0 Å². The Morgan fingerprint density at radius 2 is 2.17 bits per heavy atom. The molecular weight excluding hydrogens is 236 g/mol. The summed E-state index contributed by atoms with van der Waals surface area (Å²) in [7, 11) is 0. The zero-order chi connectivity index (χ0) is 9.30. The van der Waals surface area contributed by atoms with Gasteiger partial charge in [-0.2, -0.15) is 0 Å². The standard InChI is InChI=1S/C6H4BrF2NO2/c7-4-3(5(8)9)2(11)1-10-6(4)12/h1,5,11H,(H,10,12). The molecule has 6 heteroatoms. The average Bonchev–Trinajstić information content (AvgIpc) is 1.97. The van der Waals surface area contributed by atoms with Crippen LogP contribution in [0.2, 0.25) is 0 Å². The zero-order valence-corrected chi connectivity index (χ0v) is 7.23. The van der Waals surface area contributed by atoms with E-state index in [-0.39, 0.29) is 4.47 Å². The number of halogens is 3. The third-order valence-corrected chi connectivity index (χ3v) is 2.06. The van der Waals surface area contributed by atoms with Crippen molar-refractivity contribution in [3.05, 3.63) is 26.6 Å². The Balaban J connectivity index is 3.43. The molecule has 0 bridgehead atoms. The van der Waals surface area contributed by atoms with E-state index in [4.69, 9.17) is 5.11 Å². The Kier molecular flexibility index (Phi) is 2.46. The van der Waals surface area contributed by atoms with Gasteiger partial charge in [0.25, 0.3) is 12.0 Å². The van der Waals surface area contributed by atoms with Crippen LogP contribution in [0.15, 0.2) is 15.5 Å². The molecule has 0 atom stereocenters. The van der Waals surface area contributed by atoms with Crippen LogP contribution in [0.25, 0.3) is 0 Å². The highest BCUT2D eigenvalue weighted by atomic mass is 79.9. The SMILES string of the molecule is O=c1[nH]cc(O)c(C(F)F)c1Br. The van der Waals surface area contributed by atoms with Crippen molar-refractivity contribution in [1.29, 1.82) is 0 Å². The van der Waals surface area contributed by atoms with Crippen LogP contribution >= 0.6 is 15.9 Å². The summed E-state index contributed by atoms with van der Waals surface area (Å²) >= 11 is 2.65. The molecule has 0 spiro atoms. The first-order valence-electron chi connectivity index (χ1n) is 2.92. The summed E-state index contributed by atoms with van der Waals surface area (Å²) in [5.41, 5.74) is -1.37. The molecule has 1 aromatic rings. The summed E-state index contributed by atoms with van der Waals surface area (Å²) < 4.78 is 23.9. The monoisotopic (exact) mass is 239 g/mol. The Hall–Kier alpha value is -0.910. The first-order chi connectivity index (χ1) is 5.54. The van der Waals surface area contributed by atoms with Crippen LogP contribution in [0.4, 0.5) is 8.78 Å². The van der Waals surface area contributed by atoms with Crippen molar-refractivity contribution >= 4 is 15.9 Å². The zero-order valence-electron chi connectivity index (χ0n) is 5.64. The van der Waals surface area contributed by atoms with Gasteiger partial charge in [-0.25, -0.2) is 8.78 Å². The molecule has 0 aromatic carbocycles. The Morgan fingerprint density at radius 3 is 2.58 bits per heavy atom. The molecule has 3 nitrogen and oxygen atoms in total. The van der Waals surface area contributed by atoms with Gasteiger partial charge in [0.1, 0.15) is 5.75 Å². The number of H-pyrrole nitrogens is 1. The molecule has 0 aliphatic rings. The molecule has 1 rings (SSSR count). The van der Waals surface area contributed by atoms with E-state index in [0.29, 0.717) is 0 Å². The van der Waals surface area contributed by atoms with Crippen LogP contribution in [0.1, 0.15) is 12.0 Å². The Morgan fingerprint density at radius 1 is 1.58 bits per heavy atom. The third kappa shape index (κ3) is 1.47. The van der Waals surface area contributed by atoms with Gasteiger partial charge in [-0.3, -0.25) is 4.79 Å². The summed E-state index contributed by atoms with van der Waals surface area (Å²) in [5, 5.41) is 8.91. The number of hydrogen-bond acceptors (Lipinski definition) is 2. The smallest absolute Gasteiger partial charge is 0.268 e. The van der Waals surface area contributed by atoms with Crippen LogP contribution in [-0.4, -0.2) is 10.1 Å². The van der Waals surface area contributed by atoms with Crippen molar-refractivity contribution in [2.45, 2.75) is 6.43 Å². The summed E-state index contributed by atoms with van der Waals surface area (Å²) in [4.78, 5) is 12.8. The minimum Gasteiger partial charge on any atom is -0.506 e. The highest BCUT2D eigenvalue weighted by Crippen LogP contribution is 2.31. The van der Waals surface area contributed by atoms with E-state index in [0.717, 1.165) is 6.20 Å². The van der Waals surface area contributed by atoms with Crippen LogP contribution in [-0.2, 0) is 0 Å². The van der Waals surface area contributed by atoms with Crippen LogP contribution in [0, 0.1) is 0 Å². The molecule has 0 saturated carbocycles. The molecule has 0 saturated heterocycles. The molecule has 1 aromatic heterocycles. The Labute approximate surface area is 74.2 Å². The minimum atomic E-state index is -2.87. The predicted molar refractivity (Wildman–Crippen MR) is 41.4 cm³/mol. The van der Waals surface area contributed by atoms with Gasteiger partial charge in [-0.1, -0.05) is 0 Å². The highest BCUT2D eigenvalue weighted by Gasteiger charge is 2.18. The summed E-state index contributed by atoms with van der Waals surface area (Å²) in [6.45, 7) is 0. The van der Waals surface area contributed by atoms with E-state index >= 15 is 0 Å². The quantitative estimate of drug-likeness (QED) is 0.785. The van der Waals surface area contributed by atoms with Gasteiger partial charge >= 0.3 is 0 Å². The van der Waals surface area contributed by atoms with E-state index < -0.39 is 23.3 Å². The molecule has 0 aliphatic heterocycles. The first-order valence-corrected chi connectivity index (χ1v) is 3.71. The Bertz CT molecular complexity index is 350. The van der Waals surface area contributed by atoms with Crippen LogP contribution in [0.5, 0.6) is 5.75 Å². The van der Waals surface area contributed by atoms with E-state index in [1.54, 1.807) is 0 Å². The molecule has 1 heterocycles. The molecule has 0 amide bonds. The average molecular weight is 240 g/mol. The van der Waals surface area contributed by atoms with Crippen molar-refractivity contribution in [1.82, 2.24) is 4.98 Å². The number of alkyl halides is 2. The van der Waals surface area contributed by atoms with Crippen molar-refractivity contribution < 1.29 is 13.9 Å². The molecule has 0 aliphatic carbocycles. The second kappa shape index (κ2) is 3.22. The van der Waals surface area contributed by atoms with Gasteiger partial charge in [0, 0.05) is 6.20 Å². The summed E-state index contributed by atoms with van der Waals surface area (Å²) in [6.07, 6.45) is -2.05. The number of hydrogen-bond donors (Lipinski definition) is 2. The van der Waals surface area contributed by atoms with E-state index in [2.05, 4.69) is 20.9 Å². The molecule has 12 heavy (non-hydrogen) atoms. The fourth-order valence-electron chi connectivity index (χ4n) is 0.717. The summed E-state index contributed by atoms with van der Waals surface area (Å²) in [6, 6.07) is 0. The van der Waals surface area contributed by atoms with Crippen LogP contribution in [0.3, 0.4) is 0 Å². The topological polar surface area (TPSA) is 53.1 Å². The lowest BCUT2D eigenvalue weighted by molar-refractivity contribution is 0.146. The minimum absolute atomic E-state index is 0.336. The molecule has 0 radical (unpaired) electrons. The lowest BCUT2D eigenvalue weighted by atomic mass is 10.2. The second-order valence-corrected chi connectivity index (χ2v) is 2.82. The normalized spacial score (nSPS) is 10.7. The van der Waals surface area contributed by atoms with Crippen molar-refractivity contribution in [3.63, 3.8) is 0 Å². The number of nitrogens with one attached hydrogen (secondary N) is 1. The van der Waals surface area contributed by atoms with Crippen molar-refractivity contribution in [3.8, 4) is 5.75 Å². The van der Waals surface area contributed by atoms with Crippen LogP contribution < -0.4 is 5.56 Å². The van der Waals surface area contributed by atoms with E-state index in [9.17, 15) is 13.6 Å². The number of aromatic amines is 1. The fourth-order valence-corrected chi connectivity index (χ4v) is 1.21. The summed E-state index contributed by atoms with van der Waals surface area (Å²) in [5.74, 6) is -0.628. The molecule has 0 fully saturated rings. The predicted octanol–water partition coefficient (Wildman–Crippen LogP) is 1.78. The lowest BCUT2D eigenvalue weighted by Gasteiger charge is -2.03. The first kappa shape index (κ1) is 9.18. The maximum Gasteiger partial charge on any atom is 0.268 e. The number of pyridine rings is 1. The van der Waals surface area contributed by atoms with Gasteiger partial charge in [0.05, 0.1) is 10.0 Å². The number of rotatable bonds is 1. The third-order valence-electron chi connectivity index (χ3n) is 1.27. The molecule has 66 valence electrons. The van der Waals surface area contributed by atoms with E-state index in [1.807, 2.05) is 0 Å². The van der Waals surface area contributed by atoms with Gasteiger partial charge < -0.3 is 10.1 Å². The fraction of sp³-hybridized carbons (Fsp3) is 0.167. The largest absolute Gasteiger partial charge is 0.506 e. The molecule has 0 unspecified atom stereocenters. The maximum absolute atomic E-state index is 12.1. The second-order valence-electron chi connectivity index (χ2n) is 2.03. The van der Waals surface area contributed by atoms with Gasteiger partial charge in [-0.05, 0) is 15.9 Å². The van der Waals surface area contributed by atoms with E-state index in [1.165, 1.54) is 0 Å². The highest BCUT2D eigenvalue weighted by molar-refractivity contribution is 9.10. The van der Waals surface area contributed by atoms with Gasteiger partial charge in [-0.15, -0.1) is 0 Å². The lowest BCUT2D eigenvalue weighted by Crippen LogP contribution is -2.08. The van der Waals surface area contributed by atoms with Crippen molar-refractivity contribution in [2.75, 3.05) is 0 Å².